The Labute approximate surface area is 98.1 Å². The van der Waals surface area contributed by atoms with E-state index in [1.807, 2.05) is 12.3 Å². The van der Waals surface area contributed by atoms with Gasteiger partial charge in [0.25, 0.3) is 0 Å². The highest BCUT2D eigenvalue weighted by atomic mass is 15.2. The summed E-state index contributed by atoms with van der Waals surface area (Å²) in [5, 5.41) is 0. The highest BCUT2D eigenvalue weighted by molar-refractivity contribution is 5.03. The van der Waals surface area contributed by atoms with Crippen LogP contribution in [0.3, 0.4) is 0 Å². The van der Waals surface area contributed by atoms with Gasteiger partial charge >= 0.3 is 0 Å². The summed E-state index contributed by atoms with van der Waals surface area (Å²) in [6.45, 7) is 5.84. The second-order valence-corrected chi connectivity index (χ2v) is 4.61. The quantitative estimate of drug-likeness (QED) is 0.753. The number of aromatic nitrogens is 1. The smallest absolute Gasteiger partial charge is 0.0543 e. The molecule has 0 radical (unpaired) electrons. The molecule has 1 fully saturated rings. The van der Waals surface area contributed by atoms with Gasteiger partial charge in [-0.1, -0.05) is 6.07 Å². The molecule has 88 valence electrons. The topological polar surface area (TPSA) is 19.4 Å². The van der Waals surface area contributed by atoms with E-state index < -0.39 is 0 Å². The number of hydrogen-bond donors (Lipinski definition) is 0. The maximum absolute atomic E-state index is 4.39. The number of hydrogen-bond acceptors (Lipinski definition) is 3. The Balaban J connectivity index is 1.85. The summed E-state index contributed by atoms with van der Waals surface area (Å²) in [5.41, 5.74) is 1.19. The first kappa shape index (κ1) is 11.6. The minimum absolute atomic E-state index is 1.00. The van der Waals surface area contributed by atoms with Crippen molar-refractivity contribution in [1.29, 1.82) is 0 Å². The molecule has 2 rings (SSSR count). The summed E-state index contributed by atoms with van der Waals surface area (Å²) < 4.78 is 0. The van der Waals surface area contributed by atoms with Crippen LogP contribution in [0, 0.1) is 0 Å². The predicted octanol–water partition coefficient (Wildman–Crippen LogP) is 1.61. The Kier molecular flexibility index (Phi) is 4.31. The van der Waals surface area contributed by atoms with Crippen LogP contribution in [0.2, 0.25) is 0 Å². The zero-order valence-electron chi connectivity index (χ0n) is 10.1. The van der Waals surface area contributed by atoms with Crippen molar-refractivity contribution < 1.29 is 0 Å². The van der Waals surface area contributed by atoms with Crippen molar-refractivity contribution in [3.8, 4) is 0 Å². The van der Waals surface area contributed by atoms with Crippen molar-refractivity contribution >= 4 is 0 Å². The van der Waals surface area contributed by atoms with Crippen LogP contribution in [0.1, 0.15) is 18.5 Å². The molecule has 0 bridgehead atoms. The molecule has 16 heavy (non-hydrogen) atoms. The van der Waals surface area contributed by atoms with E-state index in [0.29, 0.717) is 0 Å². The molecule has 0 unspecified atom stereocenters. The average Bonchev–Trinajstić information content (AvgIpc) is 2.27. The van der Waals surface area contributed by atoms with Crippen molar-refractivity contribution in [1.82, 2.24) is 14.8 Å². The number of pyridine rings is 1. The summed E-state index contributed by atoms with van der Waals surface area (Å²) in [5.74, 6) is 0. The van der Waals surface area contributed by atoms with Crippen LogP contribution in [-0.2, 0) is 6.54 Å². The molecule has 0 amide bonds. The van der Waals surface area contributed by atoms with Crippen LogP contribution in [-0.4, -0.2) is 48.0 Å². The molecule has 1 aromatic heterocycles. The van der Waals surface area contributed by atoms with E-state index in [1.165, 1.54) is 44.7 Å². The first-order chi connectivity index (χ1) is 7.84. The molecular weight excluding hydrogens is 198 g/mol. The van der Waals surface area contributed by atoms with E-state index in [-0.39, 0.29) is 0 Å². The predicted molar refractivity (Wildman–Crippen MR) is 66.2 cm³/mol. The summed E-state index contributed by atoms with van der Waals surface area (Å²) in [4.78, 5) is 9.34. The fourth-order valence-electron chi connectivity index (χ4n) is 2.23. The van der Waals surface area contributed by atoms with E-state index in [4.69, 9.17) is 0 Å². The second kappa shape index (κ2) is 5.97. The summed E-state index contributed by atoms with van der Waals surface area (Å²) in [6, 6.07) is 6.16. The lowest BCUT2D eigenvalue weighted by Crippen LogP contribution is -2.34. The Morgan fingerprint density at radius 3 is 2.50 bits per heavy atom. The van der Waals surface area contributed by atoms with Gasteiger partial charge in [-0.15, -0.1) is 0 Å². The molecule has 0 atom stereocenters. The first-order valence-electron chi connectivity index (χ1n) is 6.15. The molecule has 1 aliphatic rings. The van der Waals surface area contributed by atoms with E-state index in [9.17, 15) is 0 Å². The third-order valence-electron chi connectivity index (χ3n) is 3.14. The van der Waals surface area contributed by atoms with Crippen LogP contribution < -0.4 is 0 Å². The maximum atomic E-state index is 4.39. The molecule has 0 aliphatic carbocycles. The molecule has 3 nitrogen and oxygen atoms in total. The Bertz CT molecular complexity index is 289. The van der Waals surface area contributed by atoms with Gasteiger partial charge in [-0.25, -0.2) is 0 Å². The van der Waals surface area contributed by atoms with Crippen molar-refractivity contribution in [3.63, 3.8) is 0 Å². The van der Waals surface area contributed by atoms with E-state index in [1.54, 1.807) is 0 Å². The fourth-order valence-corrected chi connectivity index (χ4v) is 2.23. The van der Waals surface area contributed by atoms with Crippen LogP contribution in [0.15, 0.2) is 24.4 Å². The minimum Gasteiger partial charge on any atom is -0.306 e. The monoisotopic (exact) mass is 219 g/mol. The molecule has 0 N–H and O–H groups in total. The minimum atomic E-state index is 1.00. The first-order valence-corrected chi connectivity index (χ1v) is 6.15. The van der Waals surface area contributed by atoms with Crippen molar-refractivity contribution in [3.05, 3.63) is 30.1 Å². The number of rotatable bonds is 2. The summed E-state index contributed by atoms with van der Waals surface area (Å²) >= 11 is 0. The van der Waals surface area contributed by atoms with Crippen molar-refractivity contribution in [2.45, 2.75) is 19.4 Å². The van der Waals surface area contributed by atoms with Crippen LogP contribution in [0.4, 0.5) is 0 Å². The molecule has 3 heteroatoms. The van der Waals surface area contributed by atoms with Gasteiger partial charge in [-0.05, 0) is 58.2 Å². The third kappa shape index (κ3) is 3.58. The average molecular weight is 219 g/mol. The summed E-state index contributed by atoms with van der Waals surface area (Å²) in [7, 11) is 2.22. The van der Waals surface area contributed by atoms with Crippen LogP contribution >= 0.6 is 0 Å². The van der Waals surface area contributed by atoms with Gasteiger partial charge in [0.2, 0.25) is 0 Å². The van der Waals surface area contributed by atoms with Crippen LogP contribution in [0.5, 0.6) is 0 Å². The maximum Gasteiger partial charge on any atom is 0.0543 e. The molecule has 0 spiro atoms. The fraction of sp³-hybridized carbons (Fsp3) is 0.615. The van der Waals surface area contributed by atoms with Crippen molar-refractivity contribution in [2.24, 2.45) is 0 Å². The van der Waals surface area contributed by atoms with E-state index in [2.05, 4.69) is 34.0 Å². The van der Waals surface area contributed by atoms with E-state index in [0.717, 1.165) is 6.54 Å². The van der Waals surface area contributed by atoms with Crippen molar-refractivity contribution in [2.75, 3.05) is 33.2 Å². The normalized spacial score (nSPS) is 20.3. The standard InChI is InChI=1S/C13H21N3/c1-15-8-4-10-16(11-5-9-15)12-13-6-2-3-7-14-13/h2-3,6-7H,4-5,8-12H2,1H3. The zero-order valence-corrected chi connectivity index (χ0v) is 10.1. The SMILES string of the molecule is CN1CCCN(Cc2ccccn2)CCC1. The van der Waals surface area contributed by atoms with Gasteiger partial charge in [0.05, 0.1) is 5.69 Å². The molecule has 1 aromatic rings. The lowest BCUT2D eigenvalue weighted by atomic mass is 10.2. The Morgan fingerprint density at radius 1 is 1.12 bits per heavy atom. The van der Waals surface area contributed by atoms with Gasteiger partial charge in [-0.2, -0.15) is 0 Å². The largest absolute Gasteiger partial charge is 0.306 e. The molecular formula is C13H21N3. The zero-order chi connectivity index (χ0) is 11.2. The molecule has 1 saturated heterocycles. The molecule has 1 aliphatic heterocycles. The lowest BCUT2D eigenvalue weighted by molar-refractivity contribution is 0.194. The lowest BCUT2D eigenvalue weighted by Gasteiger charge is -2.27. The van der Waals surface area contributed by atoms with Crippen LogP contribution in [0.25, 0.3) is 0 Å². The molecule has 2 heterocycles. The Morgan fingerprint density at radius 2 is 1.88 bits per heavy atom. The van der Waals surface area contributed by atoms with Gasteiger partial charge in [0.15, 0.2) is 0 Å². The van der Waals surface area contributed by atoms with Gasteiger partial charge < -0.3 is 4.90 Å². The second-order valence-electron chi connectivity index (χ2n) is 4.61. The van der Waals surface area contributed by atoms with Gasteiger partial charge in [0.1, 0.15) is 0 Å². The highest BCUT2D eigenvalue weighted by Gasteiger charge is 2.10. The third-order valence-corrected chi connectivity index (χ3v) is 3.14. The molecule has 0 saturated carbocycles. The van der Waals surface area contributed by atoms with E-state index >= 15 is 0 Å². The molecule has 0 aromatic carbocycles. The highest BCUT2D eigenvalue weighted by Crippen LogP contribution is 2.06. The summed E-state index contributed by atoms with van der Waals surface area (Å²) in [6.07, 6.45) is 4.42. The van der Waals surface area contributed by atoms with Gasteiger partial charge in [0, 0.05) is 12.7 Å². The van der Waals surface area contributed by atoms with Gasteiger partial charge in [-0.3, -0.25) is 9.88 Å². The number of nitrogens with zero attached hydrogens (tertiary/aromatic N) is 3. The Hall–Kier alpha value is -0.930.